The van der Waals surface area contributed by atoms with Gasteiger partial charge in [0.25, 0.3) is 0 Å². The minimum atomic E-state index is -0.950. The van der Waals surface area contributed by atoms with Gasteiger partial charge in [0, 0.05) is 0 Å². The van der Waals surface area contributed by atoms with Crippen LogP contribution in [-0.4, -0.2) is 10.8 Å². The van der Waals surface area contributed by atoms with Crippen LogP contribution in [0.5, 0.6) is 0 Å². The fourth-order valence-corrected chi connectivity index (χ4v) is 1.80. The molecule has 0 saturated carbocycles. The van der Waals surface area contributed by atoms with Gasteiger partial charge in [-0.05, 0) is 19.4 Å². The van der Waals surface area contributed by atoms with Crippen LogP contribution in [0, 0.1) is 0 Å². The second-order valence-corrected chi connectivity index (χ2v) is 4.55. The van der Waals surface area contributed by atoms with Crippen molar-refractivity contribution in [1.82, 2.24) is 0 Å². The molecule has 0 amide bonds. The zero-order valence-corrected chi connectivity index (χ0v) is 8.84. The number of hydrogen-bond acceptors (Lipinski definition) is 2. The Hall–Kier alpha value is -1.02. The van der Waals surface area contributed by atoms with E-state index in [0.717, 1.165) is 5.56 Å². The maximum absolute atomic E-state index is 11.2. The van der Waals surface area contributed by atoms with Crippen LogP contribution in [-0.2, 0) is 15.1 Å². The number of rotatable bonds is 1. The highest BCUT2D eigenvalue weighted by molar-refractivity contribution is 6.36. The standard InChI is InChI=1S/C11H11ClO2/c1-10(12)9(13)14-11(10,2)8-6-4-3-5-7-8/h3-7H,1-2H3/t10-,11+/m1/s1. The summed E-state index contributed by atoms with van der Waals surface area (Å²) in [6.07, 6.45) is 0. The fourth-order valence-electron chi connectivity index (χ4n) is 1.61. The summed E-state index contributed by atoms with van der Waals surface area (Å²) in [5, 5.41) is 0. The molecule has 2 atom stereocenters. The van der Waals surface area contributed by atoms with Crippen molar-refractivity contribution in [2.75, 3.05) is 0 Å². The van der Waals surface area contributed by atoms with Crippen molar-refractivity contribution < 1.29 is 9.53 Å². The number of cyclic esters (lactones) is 1. The van der Waals surface area contributed by atoms with Crippen molar-refractivity contribution in [1.29, 1.82) is 0 Å². The number of carbonyl (C=O) groups is 1. The van der Waals surface area contributed by atoms with Crippen LogP contribution in [0.1, 0.15) is 19.4 Å². The smallest absolute Gasteiger partial charge is 0.332 e. The average molecular weight is 211 g/mol. The lowest BCUT2D eigenvalue weighted by atomic mass is 9.78. The van der Waals surface area contributed by atoms with Crippen molar-refractivity contribution in [2.45, 2.75) is 24.3 Å². The Bertz CT molecular complexity index is 372. The molecule has 74 valence electrons. The van der Waals surface area contributed by atoms with Crippen LogP contribution in [0.3, 0.4) is 0 Å². The topological polar surface area (TPSA) is 26.3 Å². The van der Waals surface area contributed by atoms with Gasteiger partial charge < -0.3 is 4.74 Å². The molecular formula is C11H11ClO2. The van der Waals surface area contributed by atoms with E-state index in [1.165, 1.54) is 0 Å². The van der Waals surface area contributed by atoms with Crippen molar-refractivity contribution >= 4 is 17.6 Å². The number of alkyl halides is 1. The Morgan fingerprint density at radius 1 is 1.21 bits per heavy atom. The largest absolute Gasteiger partial charge is 0.451 e. The molecule has 0 bridgehead atoms. The summed E-state index contributed by atoms with van der Waals surface area (Å²) in [5.74, 6) is -0.356. The molecule has 14 heavy (non-hydrogen) atoms. The maximum Gasteiger partial charge on any atom is 0.332 e. The number of esters is 1. The van der Waals surface area contributed by atoms with E-state index in [0.29, 0.717) is 0 Å². The van der Waals surface area contributed by atoms with Gasteiger partial charge in [-0.2, -0.15) is 0 Å². The summed E-state index contributed by atoms with van der Waals surface area (Å²) in [4.78, 5) is 10.2. The van der Waals surface area contributed by atoms with Gasteiger partial charge in [0.05, 0.1) is 0 Å². The SMILES string of the molecule is C[C@@]1(c2ccccc2)OC(=O)[C@@]1(C)Cl. The molecule has 1 aliphatic heterocycles. The molecule has 1 fully saturated rings. The van der Waals surface area contributed by atoms with Gasteiger partial charge >= 0.3 is 5.97 Å². The van der Waals surface area contributed by atoms with Crippen molar-refractivity contribution in [3.8, 4) is 0 Å². The van der Waals surface area contributed by atoms with Crippen LogP contribution in [0.2, 0.25) is 0 Å². The van der Waals surface area contributed by atoms with Crippen LogP contribution < -0.4 is 0 Å². The Morgan fingerprint density at radius 3 is 2.21 bits per heavy atom. The molecule has 1 aliphatic rings. The maximum atomic E-state index is 11.2. The highest BCUT2D eigenvalue weighted by Gasteiger charge is 2.63. The number of halogens is 1. The molecule has 1 aromatic rings. The fraction of sp³-hybridized carbons (Fsp3) is 0.364. The molecule has 1 aromatic carbocycles. The number of hydrogen-bond donors (Lipinski definition) is 0. The van der Waals surface area contributed by atoms with Gasteiger partial charge in [-0.3, -0.25) is 0 Å². The first-order valence-corrected chi connectivity index (χ1v) is 4.84. The first-order valence-electron chi connectivity index (χ1n) is 4.46. The predicted molar refractivity (Wildman–Crippen MR) is 54.1 cm³/mol. The summed E-state index contributed by atoms with van der Waals surface area (Å²) < 4.78 is 5.16. The Balaban J connectivity index is 2.42. The lowest BCUT2D eigenvalue weighted by Crippen LogP contribution is -2.63. The highest BCUT2D eigenvalue weighted by atomic mass is 35.5. The summed E-state index contributed by atoms with van der Waals surface area (Å²) in [5.41, 5.74) is 0.226. The Morgan fingerprint density at radius 2 is 1.79 bits per heavy atom. The van der Waals surface area contributed by atoms with Crippen LogP contribution in [0.4, 0.5) is 0 Å². The Labute approximate surface area is 87.8 Å². The number of carbonyl (C=O) groups excluding carboxylic acids is 1. The first-order chi connectivity index (χ1) is 6.48. The second kappa shape index (κ2) is 2.74. The molecule has 0 radical (unpaired) electrons. The van der Waals surface area contributed by atoms with E-state index in [2.05, 4.69) is 0 Å². The summed E-state index contributed by atoms with van der Waals surface area (Å²) >= 11 is 6.12. The monoisotopic (exact) mass is 210 g/mol. The second-order valence-electron chi connectivity index (χ2n) is 3.79. The van der Waals surface area contributed by atoms with Crippen LogP contribution in [0.25, 0.3) is 0 Å². The van der Waals surface area contributed by atoms with E-state index in [1.807, 2.05) is 37.3 Å². The zero-order chi connectivity index (χ0) is 10.4. The van der Waals surface area contributed by atoms with E-state index >= 15 is 0 Å². The molecule has 1 heterocycles. The summed E-state index contributed by atoms with van der Waals surface area (Å²) in [6.45, 7) is 3.52. The molecule has 0 aromatic heterocycles. The third-order valence-electron chi connectivity index (χ3n) is 2.90. The molecule has 0 N–H and O–H groups in total. The third kappa shape index (κ3) is 1.01. The molecule has 0 aliphatic carbocycles. The Kier molecular flexibility index (Phi) is 1.86. The van der Waals surface area contributed by atoms with Gasteiger partial charge in [-0.25, -0.2) is 4.79 Å². The number of ether oxygens (including phenoxy) is 1. The highest BCUT2D eigenvalue weighted by Crippen LogP contribution is 2.50. The predicted octanol–water partition coefficient (Wildman–Crippen LogP) is 2.46. The zero-order valence-electron chi connectivity index (χ0n) is 8.08. The van der Waals surface area contributed by atoms with E-state index in [-0.39, 0.29) is 5.97 Å². The minimum Gasteiger partial charge on any atom is -0.451 e. The van der Waals surface area contributed by atoms with Gasteiger partial charge in [0.15, 0.2) is 10.5 Å². The summed E-state index contributed by atoms with van der Waals surface area (Å²) in [6, 6.07) is 9.54. The molecule has 2 rings (SSSR count). The van der Waals surface area contributed by atoms with E-state index in [9.17, 15) is 4.79 Å². The van der Waals surface area contributed by atoms with E-state index < -0.39 is 10.5 Å². The molecule has 1 saturated heterocycles. The van der Waals surface area contributed by atoms with Crippen molar-refractivity contribution in [3.63, 3.8) is 0 Å². The van der Waals surface area contributed by atoms with Gasteiger partial charge in [-0.1, -0.05) is 30.3 Å². The third-order valence-corrected chi connectivity index (χ3v) is 3.42. The lowest BCUT2D eigenvalue weighted by molar-refractivity contribution is -0.202. The van der Waals surface area contributed by atoms with E-state index in [1.54, 1.807) is 6.92 Å². The molecular weight excluding hydrogens is 200 g/mol. The average Bonchev–Trinajstić information content (AvgIpc) is 2.19. The lowest BCUT2D eigenvalue weighted by Gasteiger charge is -2.49. The van der Waals surface area contributed by atoms with Gasteiger partial charge in [-0.15, -0.1) is 11.6 Å². The normalized spacial score (nSPS) is 36.1. The molecule has 0 spiro atoms. The van der Waals surface area contributed by atoms with Crippen LogP contribution in [0.15, 0.2) is 30.3 Å². The molecule has 3 heteroatoms. The van der Waals surface area contributed by atoms with Gasteiger partial charge in [0.2, 0.25) is 0 Å². The number of benzene rings is 1. The van der Waals surface area contributed by atoms with Crippen molar-refractivity contribution in [3.05, 3.63) is 35.9 Å². The van der Waals surface area contributed by atoms with Gasteiger partial charge in [0.1, 0.15) is 0 Å². The van der Waals surface area contributed by atoms with E-state index in [4.69, 9.17) is 16.3 Å². The van der Waals surface area contributed by atoms with Crippen LogP contribution >= 0.6 is 11.6 Å². The molecule has 0 unspecified atom stereocenters. The quantitative estimate of drug-likeness (QED) is 0.526. The minimum absolute atomic E-state index is 0.356. The molecule has 2 nitrogen and oxygen atoms in total. The van der Waals surface area contributed by atoms with Crippen molar-refractivity contribution in [2.24, 2.45) is 0 Å². The first kappa shape index (κ1) is 9.53. The summed E-state index contributed by atoms with van der Waals surface area (Å²) in [7, 11) is 0.